The van der Waals surface area contributed by atoms with Gasteiger partial charge in [0.2, 0.25) is 0 Å². The first-order valence-corrected chi connectivity index (χ1v) is 11.2. The van der Waals surface area contributed by atoms with Gasteiger partial charge in [-0.3, -0.25) is 19.3 Å². The van der Waals surface area contributed by atoms with Crippen molar-refractivity contribution < 1.29 is 23.5 Å². The van der Waals surface area contributed by atoms with E-state index in [-0.39, 0.29) is 19.0 Å². The van der Waals surface area contributed by atoms with Gasteiger partial charge in [0.15, 0.2) is 0 Å². The lowest BCUT2D eigenvalue weighted by atomic mass is 10.1. The maximum atomic E-state index is 14.0. The van der Waals surface area contributed by atoms with E-state index in [1.807, 2.05) is 0 Å². The zero-order valence-electron chi connectivity index (χ0n) is 18.9. The number of amides is 3. The summed E-state index contributed by atoms with van der Waals surface area (Å²) in [7, 11) is 0. The first-order valence-electron chi connectivity index (χ1n) is 11.2. The molecule has 0 unspecified atom stereocenters. The standard InChI is InChI=1S/C27H25FN2O4/c1-2-3-17-34-22-13-11-19(12-14-22)25(31)29(21-8-6-7-20(28)18-21)15-16-30-26(32)23-9-4-5-10-24(23)27(30)33/h4-14,18H,2-3,15-17H2,1H3. The first-order chi connectivity index (χ1) is 16.5. The molecule has 3 amide bonds. The Bertz CT molecular complexity index is 1170. The number of halogens is 1. The lowest BCUT2D eigenvalue weighted by molar-refractivity contribution is 0.0654. The van der Waals surface area contributed by atoms with Gasteiger partial charge in [-0.05, 0) is 61.0 Å². The van der Waals surface area contributed by atoms with E-state index in [0.29, 0.717) is 34.7 Å². The van der Waals surface area contributed by atoms with Gasteiger partial charge in [-0.2, -0.15) is 0 Å². The van der Waals surface area contributed by atoms with E-state index in [2.05, 4.69) is 6.92 Å². The van der Waals surface area contributed by atoms with Crippen molar-refractivity contribution in [2.24, 2.45) is 0 Å². The van der Waals surface area contributed by atoms with Crippen LogP contribution in [0.2, 0.25) is 0 Å². The van der Waals surface area contributed by atoms with Crippen LogP contribution in [0.15, 0.2) is 72.8 Å². The molecule has 0 spiro atoms. The molecule has 0 aliphatic carbocycles. The molecule has 3 aromatic carbocycles. The highest BCUT2D eigenvalue weighted by Crippen LogP contribution is 2.24. The summed E-state index contributed by atoms with van der Waals surface area (Å²) >= 11 is 0. The molecule has 0 saturated heterocycles. The highest BCUT2D eigenvalue weighted by atomic mass is 19.1. The van der Waals surface area contributed by atoms with Gasteiger partial charge in [-0.1, -0.05) is 31.5 Å². The highest BCUT2D eigenvalue weighted by Gasteiger charge is 2.35. The molecule has 0 bridgehead atoms. The SMILES string of the molecule is CCCCOc1ccc(C(=O)N(CCN2C(=O)c3ccccc3C2=O)c2cccc(F)c2)cc1. The number of nitrogens with zero attached hydrogens (tertiary/aromatic N) is 2. The van der Waals surface area contributed by atoms with Crippen molar-refractivity contribution in [1.29, 1.82) is 0 Å². The van der Waals surface area contributed by atoms with Crippen LogP contribution in [0.4, 0.5) is 10.1 Å². The molecular formula is C27H25FN2O4. The summed E-state index contributed by atoms with van der Waals surface area (Å²) < 4.78 is 19.6. The van der Waals surface area contributed by atoms with Gasteiger partial charge in [-0.25, -0.2) is 4.39 Å². The maximum absolute atomic E-state index is 14.0. The summed E-state index contributed by atoms with van der Waals surface area (Å²) in [4.78, 5) is 41.3. The van der Waals surface area contributed by atoms with Gasteiger partial charge < -0.3 is 9.64 Å². The fourth-order valence-electron chi connectivity index (χ4n) is 3.82. The Balaban J connectivity index is 1.54. The number of carbonyl (C=O) groups is 3. The molecule has 0 aromatic heterocycles. The lowest BCUT2D eigenvalue weighted by Crippen LogP contribution is -2.41. The van der Waals surface area contributed by atoms with Crippen LogP contribution in [0.25, 0.3) is 0 Å². The average molecular weight is 461 g/mol. The summed E-state index contributed by atoms with van der Waals surface area (Å²) in [5.41, 5.74) is 1.41. The average Bonchev–Trinajstić information content (AvgIpc) is 3.09. The topological polar surface area (TPSA) is 66.9 Å². The highest BCUT2D eigenvalue weighted by molar-refractivity contribution is 6.21. The van der Waals surface area contributed by atoms with Crippen molar-refractivity contribution in [2.45, 2.75) is 19.8 Å². The van der Waals surface area contributed by atoms with Crippen LogP contribution < -0.4 is 9.64 Å². The van der Waals surface area contributed by atoms with Gasteiger partial charge in [0.25, 0.3) is 17.7 Å². The van der Waals surface area contributed by atoms with Crippen LogP contribution in [-0.2, 0) is 0 Å². The van der Waals surface area contributed by atoms with Crippen LogP contribution in [0.1, 0.15) is 50.8 Å². The zero-order valence-corrected chi connectivity index (χ0v) is 18.9. The number of imide groups is 1. The van der Waals surface area contributed by atoms with Crippen molar-refractivity contribution in [3.8, 4) is 5.75 Å². The number of carbonyl (C=O) groups excluding carboxylic acids is 3. The summed E-state index contributed by atoms with van der Waals surface area (Å²) in [6.07, 6.45) is 1.96. The minimum atomic E-state index is -0.490. The Morgan fingerprint density at radius 1 is 0.941 bits per heavy atom. The lowest BCUT2D eigenvalue weighted by Gasteiger charge is -2.25. The van der Waals surface area contributed by atoms with Crippen LogP contribution in [0.3, 0.4) is 0 Å². The van der Waals surface area contributed by atoms with Crippen molar-refractivity contribution >= 4 is 23.4 Å². The van der Waals surface area contributed by atoms with Crippen molar-refractivity contribution in [2.75, 3.05) is 24.6 Å². The molecule has 1 aliphatic heterocycles. The number of hydrogen-bond acceptors (Lipinski definition) is 4. The van der Waals surface area contributed by atoms with Gasteiger partial charge in [-0.15, -0.1) is 0 Å². The second-order valence-electron chi connectivity index (χ2n) is 7.97. The Kier molecular flexibility index (Phi) is 7.01. The predicted molar refractivity (Wildman–Crippen MR) is 127 cm³/mol. The van der Waals surface area contributed by atoms with E-state index in [0.717, 1.165) is 17.7 Å². The zero-order chi connectivity index (χ0) is 24.1. The maximum Gasteiger partial charge on any atom is 0.261 e. The number of rotatable bonds is 9. The minimum Gasteiger partial charge on any atom is -0.494 e. The Hall–Kier alpha value is -4.00. The fourth-order valence-corrected chi connectivity index (χ4v) is 3.82. The third kappa shape index (κ3) is 4.83. The predicted octanol–water partition coefficient (Wildman–Crippen LogP) is 4.95. The molecule has 0 atom stereocenters. The molecule has 174 valence electrons. The van der Waals surface area contributed by atoms with Crippen molar-refractivity contribution in [1.82, 2.24) is 4.90 Å². The summed E-state index contributed by atoms with van der Waals surface area (Å²) in [6.45, 7) is 2.67. The fraction of sp³-hybridized carbons (Fsp3) is 0.222. The number of ether oxygens (including phenoxy) is 1. The Labute approximate surface area is 197 Å². The third-order valence-corrected chi connectivity index (χ3v) is 5.66. The van der Waals surface area contributed by atoms with E-state index in [1.165, 1.54) is 23.1 Å². The quantitative estimate of drug-likeness (QED) is 0.335. The second kappa shape index (κ2) is 10.3. The molecule has 6 nitrogen and oxygen atoms in total. The number of anilines is 1. The van der Waals surface area contributed by atoms with Crippen LogP contribution in [-0.4, -0.2) is 42.3 Å². The van der Waals surface area contributed by atoms with Crippen molar-refractivity contribution in [3.05, 3.63) is 95.3 Å². The molecule has 0 saturated carbocycles. The summed E-state index contributed by atoms with van der Waals surface area (Å²) in [5.74, 6) is -1.01. The van der Waals surface area contributed by atoms with E-state index in [1.54, 1.807) is 54.6 Å². The van der Waals surface area contributed by atoms with Gasteiger partial charge in [0.05, 0.1) is 17.7 Å². The molecule has 3 aromatic rings. The molecule has 34 heavy (non-hydrogen) atoms. The van der Waals surface area contributed by atoms with Crippen LogP contribution in [0.5, 0.6) is 5.75 Å². The number of benzene rings is 3. The molecule has 1 aliphatic rings. The first kappa shape index (κ1) is 23.2. The monoisotopic (exact) mass is 460 g/mol. The summed E-state index contributed by atoms with van der Waals surface area (Å²) in [5, 5.41) is 0. The van der Waals surface area contributed by atoms with Gasteiger partial charge >= 0.3 is 0 Å². The minimum absolute atomic E-state index is 0.0164. The number of unbranched alkanes of at least 4 members (excludes halogenated alkanes) is 1. The molecular weight excluding hydrogens is 435 g/mol. The largest absolute Gasteiger partial charge is 0.494 e. The van der Waals surface area contributed by atoms with Gasteiger partial charge in [0.1, 0.15) is 11.6 Å². The number of fused-ring (bicyclic) bond motifs is 1. The smallest absolute Gasteiger partial charge is 0.261 e. The molecule has 4 rings (SSSR count). The van der Waals surface area contributed by atoms with Gasteiger partial charge in [0, 0.05) is 24.3 Å². The normalized spacial score (nSPS) is 12.6. The second-order valence-corrected chi connectivity index (χ2v) is 7.97. The molecule has 0 radical (unpaired) electrons. The summed E-state index contributed by atoms with van der Waals surface area (Å²) in [6, 6.07) is 19.0. The van der Waals surface area contributed by atoms with E-state index in [9.17, 15) is 18.8 Å². The van der Waals surface area contributed by atoms with Crippen LogP contribution in [0, 0.1) is 5.82 Å². The number of hydrogen-bond donors (Lipinski definition) is 0. The van der Waals surface area contributed by atoms with Crippen molar-refractivity contribution in [3.63, 3.8) is 0 Å². The third-order valence-electron chi connectivity index (χ3n) is 5.66. The van der Waals surface area contributed by atoms with E-state index in [4.69, 9.17) is 4.74 Å². The van der Waals surface area contributed by atoms with Crippen LogP contribution >= 0.6 is 0 Å². The Morgan fingerprint density at radius 2 is 1.62 bits per heavy atom. The molecule has 0 N–H and O–H groups in total. The van der Waals surface area contributed by atoms with E-state index < -0.39 is 17.6 Å². The molecule has 0 fully saturated rings. The molecule has 1 heterocycles. The van der Waals surface area contributed by atoms with E-state index >= 15 is 0 Å². The molecule has 7 heteroatoms. The Morgan fingerprint density at radius 3 is 2.24 bits per heavy atom.